The first-order chi connectivity index (χ1) is 13.9. The van der Waals surface area contributed by atoms with Crippen LogP contribution in [-0.2, 0) is 14.4 Å². The molecule has 3 rings (SSSR count). The van der Waals surface area contributed by atoms with E-state index in [2.05, 4.69) is 5.32 Å². The first-order valence-electron chi connectivity index (χ1n) is 9.18. The molecule has 2 N–H and O–H groups in total. The number of carbonyl (C=O) groups excluding carboxylic acids is 2. The minimum Gasteiger partial charge on any atom is -0.481 e. The topological polar surface area (TPSA) is 86.7 Å². The third kappa shape index (κ3) is 5.29. The predicted molar refractivity (Wildman–Crippen MR) is 115 cm³/mol. The molecule has 0 atom stereocenters. The Labute approximate surface area is 182 Å². The van der Waals surface area contributed by atoms with Crippen LogP contribution in [0, 0.1) is 5.92 Å². The van der Waals surface area contributed by atoms with Crippen LogP contribution < -0.4 is 5.32 Å². The molecular weight excluding hydrogens is 435 g/mol. The molecule has 1 aliphatic heterocycles. The van der Waals surface area contributed by atoms with E-state index in [1.54, 1.807) is 11.0 Å². The van der Waals surface area contributed by atoms with Gasteiger partial charge in [0.15, 0.2) is 0 Å². The molecule has 2 heterocycles. The van der Waals surface area contributed by atoms with Crippen molar-refractivity contribution in [1.29, 1.82) is 0 Å². The number of fused-ring (bicyclic) bond motifs is 1. The number of nitrogens with one attached hydrogen (secondary N) is 1. The first kappa shape index (κ1) is 21.6. The monoisotopic (exact) mass is 454 g/mol. The van der Waals surface area contributed by atoms with Gasteiger partial charge in [-0.25, -0.2) is 0 Å². The Morgan fingerprint density at radius 1 is 1.24 bits per heavy atom. The minimum atomic E-state index is -0.947. The molecule has 6 nitrogen and oxygen atoms in total. The van der Waals surface area contributed by atoms with Crippen molar-refractivity contribution < 1.29 is 19.5 Å². The van der Waals surface area contributed by atoms with Gasteiger partial charge >= 0.3 is 5.97 Å². The molecule has 1 aromatic heterocycles. The summed E-state index contributed by atoms with van der Waals surface area (Å²) in [6.45, 7) is 1.06. The molecule has 0 saturated carbocycles. The van der Waals surface area contributed by atoms with Crippen LogP contribution in [0.4, 0.5) is 0 Å². The quantitative estimate of drug-likeness (QED) is 0.644. The maximum Gasteiger partial charge on any atom is 0.305 e. The van der Waals surface area contributed by atoms with Gasteiger partial charge in [0.1, 0.15) is 0 Å². The first-order valence-corrected chi connectivity index (χ1v) is 10.8. The van der Waals surface area contributed by atoms with Crippen molar-refractivity contribution >= 4 is 68.5 Å². The summed E-state index contributed by atoms with van der Waals surface area (Å²) < 4.78 is 0.920. The highest BCUT2D eigenvalue weighted by Gasteiger charge is 2.26. The summed E-state index contributed by atoms with van der Waals surface area (Å²) in [5, 5.41) is 15.1. The number of halogens is 2. The van der Waals surface area contributed by atoms with Gasteiger partial charge in [-0.3, -0.25) is 14.4 Å². The summed E-state index contributed by atoms with van der Waals surface area (Å²) in [6, 6.07) is 3.85. The molecular formula is C20H20Cl2N2O4S. The molecule has 1 aromatic carbocycles. The lowest BCUT2D eigenvalue weighted by atomic mass is 9.95. The summed E-state index contributed by atoms with van der Waals surface area (Å²) in [7, 11) is 0. The number of piperidine rings is 1. The van der Waals surface area contributed by atoms with Crippen molar-refractivity contribution in [2.75, 3.05) is 19.6 Å². The summed E-state index contributed by atoms with van der Waals surface area (Å²) in [5.74, 6) is -1.45. The van der Waals surface area contributed by atoms with Crippen molar-refractivity contribution in [3.05, 3.63) is 39.2 Å². The van der Waals surface area contributed by atoms with Gasteiger partial charge in [-0.05, 0) is 47.4 Å². The van der Waals surface area contributed by atoms with Gasteiger partial charge in [0.05, 0.1) is 21.2 Å². The Bertz CT molecular complexity index is 965. The number of aliphatic carboxylic acids is 1. The number of hydrogen-bond acceptors (Lipinski definition) is 4. The zero-order valence-corrected chi connectivity index (χ0v) is 17.8. The van der Waals surface area contributed by atoms with Gasteiger partial charge in [0, 0.05) is 31.6 Å². The molecule has 1 saturated heterocycles. The average Bonchev–Trinajstić information content (AvgIpc) is 3.18. The van der Waals surface area contributed by atoms with E-state index >= 15 is 0 Å². The van der Waals surface area contributed by atoms with E-state index in [0.29, 0.717) is 41.5 Å². The molecule has 1 aliphatic rings. The van der Waals surface area contributed by atoms with E-state index in [4.69, 9.17) is 28.3 Å². The van der Waals surface area contributed by atoms with E-state index in [1.165, 1.54) is 17.4 Å². The van der Waals surface area contributed by atoms with Crippen molar-refractivity contribution in [2.45, 2.75) is 19.3 Å². The highest BCUT2D eigenvalue weighted by molar-refractivity contribution is 7.18. The standard InChI is InChI=1S/C20H20Cl2N2O4S/c21-17-13(11-14-6-10-29-19(14)18(17)22)1-2-15(25)24-8-4-12(5-9-24)20(28)23-7-3-16(26)27/h1-2,6,10-12H,3-5,7-9H2,(H,23,28)(H,26,27)/b2-1+. The Hall–Kier alpha value is -2.09. The normalized spacial score (nSPS) is 15.2. The van der Waals surface area contributed by atoms with Gasteiger partial charge in [-0.15, -0.1) is 11.3 Å². The maximum atomic E-state index is 12.5. The molecule has 29 heavy (non-hydrogen) atoms. The molecule has 2 amide bonds. The maximum absolute atomic E-state index is 12.5. The number of thiophene rings is 1. The number of nitrogens with zero attached hydrogens (tertiary/aromatic N) is 1. The van der Waals surface area contributed by atoms with Crippen LogP contribution >= 0.6 is 34.5 Å². The molecule has 0 bridgehead atoms. The third-order valence-electron chi connectivity index (χ3n) is 4.87. The van der Waals surface area contributed by atoms with Crippen LogP contribution in [0.5, 0.6) is 0 Å². The van der Waals surface area contributed by atoms with E-state index in [-0.39, 0.29) is 30.7 Å². The molecule has 9 heteroatoms. The summed E-state index contributed by atoms with van der Waals surface area (Å²) >= 11 is 14.2. The van der Waals surface area contributed by atoms with Crippen LogP contribution in [0.1, 0.15) is 24.8 Å². The van der Waals surface area contributed by atoms with E-state index < -0.39 is 5.97 Å². The van der Waals surface area contributed by atoms with Gasteiger partial charge < -0.3 is 15.3 Å². The molecule has 154 valence electrons. The van der Waals surface area contributed by atoms with E-state index in [0.717, 1.165) is 10.1 Å². The van der Waals surface area contributed by atoms with E-state index in [9.17, 15) is 14.4 Å². The highest BCUT2D eigenvalue weighted by atomic mass is 35.5. The molecule has 2 aromatic rings. The van der Waals surface area contributed by atoms with Crippen molar-refractivity contribution in [3.63, 3.8) is 0 Å². The van der Waals surface area contributed by atoms with Crippen molar-refractivity contribution in [2.24, 2.45) is 5.92 Å². The summed E-state index contributed by atoms with van der Waals surface area (Å²) in [5.41, 5.74) is 0.684. The largest absolute Gasteiger partial charge is 0.481 e. The SMILES string of the molecule is O=C(O)CCNC(=O)C1CCN(C(=O)/C=C/c2cc3ccsc3c(Cl)c2Cl)CC1. The van der Waals surface area contributed by atoms with Gasteiger partial charge in [0.25, 0.3) is 0 Å². The number of rotatable bonds is 6. The Balaban J connectivity index is 1.55. The summed E-state index contributed by atoms with van der Waals surface area (Å²) in [4.78, 5) is 36.8. The number of likely N-dealkylation sites (tertiary alicyclic amines) is 1. The summed E-state index contributed by atoms with van der Waals surface area (Å²) in [6.07, 6.45) is 4.14. The van der Waals surface area contributed by atoms with Crippen LogP contribution in [0.15, 0.2) is 23.6 Å². The fourth-order valence-corrected chi connectivity index (χ4v) is 4.69. The zero-order chi connectivity index (χ0) is 21.0. The van der Waals surface area contributed by atoms with Gasteiger partial charge in [-0.1, -0.05) is 23.2 Å². The van der Waals surface area contributed by atoms with Gasteiger partial charge in [-0.2, -0.15) is 0 Å². The number of amides is 2. The predicted octanol–water partition coefficient (Wildman–Crippen LogP) is 4.05. The second-order valence-electron chi connectivity index (χ2n) is 6.80. The fourth-order valence-electron chi connectivity index (χ4n) is 3.26. The highest BCUT2D eigenvalue weighted by Crippen LogP contribution is 2.37. The molecule has 0 unspecified atom stereocenters. The lowest BCUT2D eigenvalue weighted by Gasteiger charge is -2.30. The second-order valence-corrected chi connectivity index (χ2v) is 8.47. The van der Waals surface area contributed by atoms with Gasteiger partial charge in [0.2, 0.25) is 11.8 Å². The molecule has 1 fully saturated rings. The average molecular weight is 455 g/mol. The fraction of sp³-hybridized carbons (Fsp3) is 0.350. The van der Waals surface area contributed by atoms with Crippen molar-refractivity contribution in [3.8, 4) is 0 Å². The zero-order valence-electron chi connectivity index (χ0n) is 15.5. The lowest BCUT2D eigenvalue weighted by molar-refractivity contribution is -0.137. The number of carbonyl (C=O) groups is 3. The Morgan fingerprint density at radius 3 is 2.66 bits per heavy atom. The minimum absolute atomic E-state index is 0.0996. The lowest BCUT2D eigenvalue weighted by Crippen LogP contribution is -2.42. The van der Waals surface area contributed by atoms with Crippen LogP contribution in [0.25, 0.3) is 16.2 Å². The number of carboxylic acids is 1. The number of benzene rings is 1. The molecule has 0 aliphatic carbocycles. The van der Waals surface area contributed by atoms with Crippen LogP contribution in [-0.4, -0.2) is 47.4 Å². The van der Waals surface area contributed by atoms with E-state index in [1.807, 2.05) is 17.5 Å². The van der Waals surface area contributed by atoms with Crippen molar-refractivity contribution in [1.82, 2.24) is 10.2 Å². The third-order valence-corrected chi connectivity index (χ3v) is 6.81. The Morgan fingerprint density at radius 2 is 1.97 bits per heavy atom. The number of carboxylic acid groups (broad SMARTS) is 1. The smallest absolute Gasteiger partial charge is 0.305 e. The van der Waals surface area contributed by atoms with Crippen LogP contribution in [0.2, 0.25) is 10.0 Å². The number of hydrogen-bond donors (Lipinski definition) is 2. The van der Waals surface area contributed by atoms with Crippen LogP contribution in [0.3, 0.4) is 0 Å². The second kappa shape index (κ2) is 9.61. The Kier molecular flexibility index (Phi) is 7.16. The molecule has 0 spiro atoms. The molecule has 0 radical (unpaired) electrons.